The molecule has 0 heterocycles. The summed E-state index contributed by atoms with van der Waals surface area (Å²) in [5.41, 5.74) is -1.84. The fraction of sp³-hybridized carbons (Fsp3) is 0.118. The molecule has 9 heteroatoms. The number of carbonyl (C=O) groups excluding carboxylic acids is 2. The predicted molar refractivity (Wildman–Crippen MR) is 80.9 cm³/mol. The number of ether oxygens (including phenoxy) is 1. The Morgan fingerprint density at radius 2 is 1.58 bits per heavy atom. The Morgan fingerprint density at radius 1 is 1.04 bits per heavy atom. The van der Waals surface area contributed by atoms with E-state index in [0.29, 0.717) is 0 Å². The van der Waals surface area contributed by atoms with Crippen molar-refractivity contribution >= 4 is 11.8 Å². The van der Waals surface area contributed by atoms with Crippen LogP contribution in [0.1, 0.15) is 20.7 Å². The smallest absolute Gasteiger partial charge is 0.460 e. The number of aliphatic hydroxyl groups excluding tert-OH is 1. The fourth-order valence-electron chi connectivity index (χ4n) is 1.84. The number of rotatable bonds is 6. The summed E-state index contributed by atoms with van der Waals surface area (Å²) in [4.78, 5) is 24.7. The maximum atomic E-state index is 12.7. The maximum Gasteiger partial charge on any atom is 1.00 e. The van der Waals surface area contributed by atoms with Gasteiger partial charge in [0.15, 0.2) is 0 Å². The third-order valence-electron chi connectivity index (χ3n) is 2.89. The number of nitriles is 4. The first-order valence-corrected chi connectivity index (χ1v) is 6.69. The van der Waals surface area contributed by atoms with Gasteiger partial charge < -0.3 is 14.6 Å². The van der Waals surface area contributed by atoms with Crippen LogP contribution < -0.4 is 51.4 Å². The van der Waals surface area contributed by atoms with Gasteiger partial charge in [0.1, 0.15) is 6.61 Å². The van der Waals surface area contributed by atoms with Crippen molar-refractivity contribution < 1.29 is 70.8 Å². The Morgan fingerprint density at radius 3 is 2.04 bits per heavy atom. The zero-order valence-electron chi connectivity index (χ0n) is 13.7. The van der Waals surface area contributed by atoms with Crippen LogP contribution in [0.5, 0.6) is 0 Å². The first-order valence-electron chi connectivity index (χ1n) is 6.69. The summed E-state index contributed by atoms with van der Waals surface area (Å²) in [5, 5.41) is 44.7. The largest absolute Gasteiger partial charge is 1.00 e. The number of allylic oxidation sites excluding steroid dienone is 2. The van der Waals surface area contributed by atoms with Gasteiger partial charge in [0, 0.05) is 35.8 Å². The van der Waals surface area contributed by atoms with Crippen LogP contribution in [0.3, 0.4) is 0 Å². The van der Waals surface area contributed by atoms with Crippen molar-refractivity contribution in [3.8, 4) is 24.3 Å². The molecule has 0 atom stereocenters. The summed E-state index contributed by atoms with van der Waals surface area (Å²) in [7, 11) is 0. The Bertz CT molecular complexity index is 867. The Balaban J connectivity index is 0.00000625. The van der Waals surface area contributed by atoms with Crippen molar-refractivity contribution in [1.82, 2.24) is 0 Å². The molecular weight excluding hydrogens is 363 g/mol. The first-order chi connectivity index (χ1) is 12.0. The van der Waals surface area contributed by atoms with E-state index < -0.39 is 35.4 Å². The summed E-state index contributed by atoms with van der Waals surface area (Å²) in [5.74, 6) is -2.64. The molecule has 0 bridgehead atoms. The molecule has 1 N–H and O–H groups in total. The van der Waals surface area contributed by atoms with Crippen LogP contribution in [0.2, 0.25) is 0 Å². The quantitative estimate of drug-likeness (QED) is 0.150. The van der Waals surface area contributed by atoms with E-state index in [0.717, 1.165) is 0 Å². The number of benzene rings is 1. The number of esters is 1. The van der Waals surface area contributed by atoms with Crippen LogP contribution in [0.15, 0.2) is 35.4 Å². The van der Waals surface area contributed by atoms with Crippen molar-refractivity contribution in [2.75, 3.05) is 13.2 Å². The molecule has 0 fully saturated rings. The number of hydrogen-bond donors (Lipinski definition) is 1. The van der Waals surface area contributed by atoms with Crippen LogP contribution in [-0.2, 0) is 4.74 Å². The molecule has 0 aliphatic heterocycles. The second kappa shape index (κ2) is 12.0. The molecule has 0 aromatic heterocycles. The van der Waals surface area contributed by atoms with Crippen LogP contribution in [0.25, 0.3) is 0 Å². The van der Waals surface area contributed by atoms with Gasteiger partial charge in [-0.1, -0.05) is 23.8 Å². The number of nitrogens with zero attached hydrogens (tertiary/aromatic N) is 4. The Labute approximate surface area is 191 Å². The van der Waals surface area contributed by atoms with Gasteiger partial charge >= 0.3 is 57.4 Å². The minimum atomic E-state index is -1.01. The summed E-state index contributed by atoms with van der Waals surface area (Å²) in [6.07, 6.45) is 0. The molecule has 0 saturated heterocycles. The molecule has 0 amide bonds. The molecule has 1 aromatic carbocycles. The van der Waals surface area contributed by atoms with Gasteiger partial charge in [-0.05, 0) is 11.6 Å². The van der Waals surface area contributed by atoms with Gasteiger partial charge in [-0.3, -0.25) is 0 Å². The van der Waals surface area contributed by atoms with E-state index in [2.05, 4.69) is 0 Å². The Kier molecular flexibility index (Phi) is 10.8. The zero-order valence-corrected chi connectivity index (χ0v) is 16.8. The number of aliphatic hydroxyl groups is 1. The minimum absolute atomic E-state index is 0. The summed E-state index contributed by atoms with van der Waals surface area (Å²) >= 11 is 0. The monoisotopic (exact) mass is 372 g/mol. The average molecular weight is 372 g/mol. The van der Waals surface area contributed by atoms with Gasteiger partial charge in [-0.25, -0.2) is 25.8 Å². The average Bonchev–Trinajstić information content (AvgIpc) is 2.66. The number of carbonyl (C=O) groups is 2. The molecule has 0 spiro atoms. The molecule has 0 aliphatic carbocycles. The van der Waals surface area contributed by atoms with Crippen molar-refractivity contribution in [2.24, 2.45) is 0 Å². The molecule has 0 aliphatic rings. The van der Waals surface area contributed by atoms with Gasteiger partial charge in [-0.15, -0.1) is 0 Å². The third-order valence-corrected chi connectivity index (χ3v) is 2.89. The van der Waals surface area contributed by atoms with E-state index in [-0.39, 0.29) is 69.1 Å². The van der Waals surface area contributed by atoms with E-state index >= 15 is 0 Å². The van der Waals surface area contributed by atoms with Crippen LogP contribution in [-0.4, -0.2) is 30.1 Å². The summed E-state index contributed by atoms with van der Waals surface area (Å²) < 4.78 is 4.75. The molecule has 0 saturated carbocycles. The molecule has 0 radical (unpaired) electrons. The van der Waals surface area contributed by atoms with Gasteiger partial charge in [0.2, 0.25) is 0 Å². The number of ketones is 1. The third kappa shape index (κ3) is 5.52. The summed E-state index contributed by atoms with van der Waals surface area (Å²) in [6, 6.07) is 11.2. The van der Waals surface area contributed by atoms with E-state index in [9.17, 15) is 9.59 Å². The maximum absolute atomic E-state index is 12.7. The molecular formula is C17H9KN4O4. The van der Waals surface area contributed by atoms with Gasteiger partial charge in [-0.2, -0.15) is 0 Å². The van der Waals surface area contributed by atoms with Crippen molar-refractivity contribution in [2.45, 2.75) is 0 Å². The number of Topliss-reactive ketones (excluding diaryl/α,β-unsaturated/α-hetero) is 1. The molecule has 1 aromatic rings. The van der Waals surface area contributed by atoms with Crippen molar-refractivity contribution in [3.63, 3.8) is 0 Å². The molecule has 1 rings (SSSR count). The molecule has 8 nitrogen and oxygen atoms in total. The standard InChI is InChI=1S/C17H9N4O4.K/c18-7-11(8-19)15(12(9-20)10-21)16(23)13-3-1-2-4-14(13)17(24)25-6-5-22;/h1-4,22H,5-6H2;/q-1;+1. The fourth-order valence-corrected chi connectivity index (χ4v) is 1.84. The predicted octanol–water partition coefficient (Wildman–Crippen LogP) is -2.01. The molecule has 0 unspecified atom stereocenters. The van der Waals surface area contributed by atoms with E-state index in [1.54, 1.807) is 0 Å². The SMILES string of the molecule is N#CC(C#N)=C(C(=O)c1ccccc1C(=O)OCCO)[C-](C#N)C#N.[K+]. The number of hydrogen-bond acceptors (Lipinski definition) is 8. The van der Waals surface area contributed by atoms with E-state index in [1.165, 1.54) is 48.5 Å². The van der Waals surface area contributed by atoms with Crippen LogP contribution in [0, 0.1) is 51.2 Å². The van der Waals surface area contributed by atoms with Gasteiger partial charge in [0.25, 0.3) is 0 Å². The van der Waals surface area contributed by atoms with Crippen LogP contribution >= 0.6 is 0 Å². The van der Waals surface area contributed by atoms with Crippen molar-refractivity contribution in [1.29, 1.82) is 21.0 Å². The summed E-state index contributed by atoms with van der Waals surface area (Å²) in [6.45, 7) is -0.708. The first kappa shape index (κ1) is 23.5. The zero-order chi connectivity index (χ0) is 18.8. The van der Waals surface area contributed by atoms with Crippen molar-refractivity contribution in [3.05, 3.63) is 52.5 Å². The Hall–Kier alpha value is -2.47. The topological polar surface area (TPSA) is 159 Å². The molecule has 122 valence electrons. The molecule has 26 heavy (non-hydrogen) atoms. The second-order valence-corrected chi connectivity index (χ2v) is 4.31. The second-order valence-electron chi connectivity index (χ2n) is 4.31. The normalized spacial score (nSPS) is 8.35. The van der Waals surface area contributed by atoms with E-state index in [1.807, 2.05) is 0 Å². The van der Waals surface area contributed by atoms with Crippen LogP contribution in [0.4, 0.5) is 0 Å². The minimum Gasteiger partial charge on any atom is -0.460 e. The van der Waals surface area contributed by atoms with Gasteiger partial charge in [0.05, 0.1) is 18.0 Å². The van der Waals surface area contributed by atoms with E-state index in [4.69, 9.17) is 30.9 Å².